The summed E-state index contributed by atoms with van der Waals surface area (Å²) >= 11 is 0. The van der Waals surface area contributed by atoms with E-state index in [2.05, 4.69) is 15.1 Å². The number of rotatable bonds is 5. The molecule has 6 nitrogen and oxygen atoms in total. The number of piperidine rings is 1. The third-order valence-electron chi connectivity index (χ3n) is 5.77. The van der Waals surface area contributed by atoms with Crippen LogP contribution in [0.25, 0.3) is 0 Å². The van der Waals surface area contributed by atoms with Crippen molar-refractivity contribution in [3.63, 3.8) is 0 Å². The molecule has 2 amide bonds. The summed E-state index contributed by atoms with van der Waals surface area (Å²) in [6, 6.07) is 0.310. The number of piperazine rings is 1. The Morgan fingerprint density at radius 2 is 1.38 bits per heavy atom. The van der Waals surface area contributed by atoms with Gasteiger partial charge in [-0.25, -0.2) is 0 Å². The molecule has 0 spiro atoms. The normalized spacial score (nSPS) is 26.0. The number of nitrogens with one attached hydrogen (secondary N) is 1. The second kappa shape index (κ2) is 7.83. The van der Waals surface area contributed by atoms with Crippen LogP contribution in [0, 0.1) is 0 Å². The maximum absolute atomic E-state index is 12.7. The Morgan fingerprint density at radius 1 is 0.833 bits per heavy atom. The first-order valence-corrected chi connectivity index (χ1v) is 9.63. The van der Waals surface area contributed by atoms with Gasteiger partial charge in [0.15, 0.2) is 0 Å². The monoisotopic (exact) mass is 336 g/mol. The number of hydrogen-bond acceptors (Lipinski definition) is 4. The van der Waals surface area contributed by atoms with Crippen molar-refractivity contribution in [3.05, 3.63) is 0 Å². The topological polar surface area (TPSA) is 55.9 Å². The van der Waals surface area contributed by atoms with Crippen LogP contribution in [0.3, 0.4) is 0 Å². The quantitative estimate of drug-likeness (QED) is 0.802. The molecule has 3 aliphatic rings. The molecule has 0 bridgehead atoms. The van der Waals surface area contributed by atoms with Crippen molar-refractivity contribution in [3.8, 4) is 0 Å². The van der Waals surface area contributed by atoms with E-state index < -0.39 is 0 Å². The molecule has 2 heterocycles. The standard InChI is InChI=1S/C18H32N4O2/c1-14(17(23)19-16-6-7-16)20-10-12-21(13-11-20)15(2)18(24)22-8-4-3-5-9-22/h14-16H,3-13H2,1-2H3,(H,19,23). The van der Waals surface area contributed by atoms with Gasteiger partial charge >= 0.3 is 0 Å². The Bertz CT molecular complexity index is 452. The van der Waals surface area contributed by atoms with Gasteiger partial charge in [0.25, 0.3) is 0 Å². The van der Waals surface area contributed by atoms with E-state index in [-0.39, 0.29) is 23.9 Å². The van der Waals surface area contributed by atoms with Gasteiger partial charge in [-0.2, -0.15) is 0 Å². The highest BCUT2D eigenvalue weighted by Crippen LogP contribution is 2.19. The Hall–Kier alpha value is -1.14. The van der Waals surface area contributed by atoms with Crippen molar-refractivity contribution < 1.29 is 9.59 Å². The maximum atomic E-state index is 12.7. The second-order valence-corrected chi connectivity index (χ2v) is 7.59. The van der Waals surface area contributed by atoms with E-state index >= 15 is 0 Å². The molecule has 0 radical (unpaired) electrons. The van der Waals surface area contributed by atoms with Crippen molar-refractivity contribution in [1.82, 2.24) is 20.0 Å². The van der Waals surface area contributed by atoms with Crippen molar-refractivity contribution in [1.29, 1.82) is 0 Å². The fraction of sp³-hybridized carbons (Fsp3) is 0.889. The summed E-state index contributed by atoms with van der Waals surface area (Å²) in [5.74, 6) is 0.436. The molecule has 2 aliphatic heterocycles. The summed E-state index contributed by atoms with van der Waals surface area (Å²) in [7, 11) is 0. The van der Waals surface area contributed by atoms with Gasteiger partial charge in [0, 0.05) is 45.3 Å². The van der Waals surface area contributed by atoms with Gasteiger partial charge in [-0.05, 0) is 46.0 Å². The predicted molar refractivity (Wildman–Crippen MR) is 93.7 cm³/mol. The van der Waals surface area contributed by atoms with Gasteiger partial charge in [0.2, 0.25) is 11.8 Å². The summed E-state index contributed by atoms with van der Waals surface area (Å²) in [5, 5.41) is 3.09. The van der Waals surface area contributed by atoms with E-state index in [1.807, 2.05) is 18.7 Å². The molecule has 0 aromatic carbocycles. The number of likely N-dealkylation sites (tertiary alicyclic amines) is 1. The number of amides is 2. The third-order valence-corrected chi connectivity index (χ3v) is 5.77. The molecule has 0 aromatic heterocycles. The van der Waals surface area contributed by atoms with E-state index in [4.69, 9.17) is 0 Å². The van der Waals surface area contributed by atoms with Gasteiger partial charge < -0.3 is 10.2 Å². The zero-order valence-corrected chi connectivity index (χ0v) is 15.2. The van der Waals surface area contributed by atoms with Crippen LogP contribution < -0.4 is 5.32 Å². The molecule has 3 rings (SSSR count). The van der Waals surface area contributed by atoms with Crippen molar-refractivity contribution in [2.45, 2.75) is 64.1 Å². The summed E-state index contributed by atoms with van der Waals surface area (Å²) < 4.78 is 0. The molecular weight excluding hydrogens is 304 g/mol. The highest BCUT2D eigenvalue weighted by molar-refractivity contribution is 5.82. The SMILES string of the molecule is CC(C(=O)NC1CC1)N1CCN(C(C)C(=O)N2CCCCC2)CC1. The van der Waals surface area contributed by atoms with Gasteiger partial charge in [0.1, 0.15) is 0 Å². The van der Waals surface area contributed by atoms with Crippen LogP contribution >= 0.6 is 0 Å². The molecule has 0 aromatic rings. The molecule has 2 saturated heterocycles. The van der Waals surface area contributed by atoms with E-state index in [0.29, 0.717) is 6.04 Å². The van der Waals surface area contributed by atoms with Crippen LogP contribution in [-0.2, 0) is 9.59 Å². The zero-order chi connectivity index (χ0) is 17.1. The average molecular weight is 336 g/mol. The molecule has 1 saturated carbocycles. The summed E-state index contributed by atoms with van der Waals surface area (Å²) in [6.07, 6.45) is 5.78. The summed E-state index contributed by atoms with van der Waals surface area (Å²) in [5.41, 5.74) is 0. The van der Waals surface area contributed by atoms with Crippen molar-refractivity contribution in [2.24, 2.45) is 0 Å². The highest BCUT2D eigenvalue weighted by atomic mass is 16.2. The Kier molecular flexibility index (Phi) is 5.76. The third kappa shape index (κ3) is 4.28. The fourth-order valence-electron chi connectivity index (χ4n) is 3.76. The fourth-order valence-corrected chi connectivity index (χ4v) is 3.76. The molecule has 2 atom stereocenters. The second-order valence-electron chi connectivity index (χ2n) is 7.59. The summed E-state index contributed by atoms with van der Waals surface area (Å²) in [6.45, 7) is 9.31. The van der Waals surface area contributed by atoms with E-state index in [0.717, 1.165) is 65.0 Å². The van der Waals surface area contributed by atoms with Gasteiger partial charge in [0.05, 0.1) is 12.1 Å². The van der Waals surface area contributed by atoms with Crippen LogP contribution in [0.4, 0.5) is 0 Å². The Labute approximate surface area is 145 Å². The Morgan fingerprint density at radius 3 is 1.92 bits per heavy atom. The van der Waals surface area contributed by atoms with Crippen LogP contribution in [-0.4, -0.2) is 83.9 Å². The molecule has 2 unspecified atom stereocenters. The molecule has 3 fully saturated rings. The lowest BCUT2D eigenvalue weighted by Crippen LogP contribution is -2.58. The smallest absolute Gasteiger partial charge is 0.239 e. The van der Waals surface area contributed by atoms with Gasteiger partial charge in [-0.1, -0.05) is 0 Å². The minimum absolute atomic E-state index is 0.0409. The maximum Gasteiger partial charge on any atom is 0.239 e. The van der Waals surface area contributed by atoms with E-state index in [9.17, 15) is 9.59 Å². The van der Waals surface area contributed by atoms with Crippen molar-refractivity contribution in [2.75, 3.05) is 39.3 Å². The lowest BCUT2D eigenvalue weighted by atomic mass is 10.1. The van der Waals surface area contributed by atoms with Crippen LogP contribution in [0.5, 0.6) is 0 Å². The summed E-state index contributed by atoms with van der Waals surface area (Å²) in [4.78, 5) is 31.4. The Balaban J connectivity index is 1.45. The average Bonchev–Trinajstić information content (AvgIpc) is 3.44. The van der Waals surface area contributed by atoms with E-state index in [1.165, 1.54) is 6.42 Å². The van der Waals surface area contributed by atoms with Crippen LogP contribution in [0.2, 0.25) is 0 Å². The van der Waals surface area contributed by atoms with Crippen molar-refractivity contribution >= 4 is 11.8 Å². The largest absolute Gasteiger partial charge is 0.352 e. The first-order chi connectivity index (χ1) is 11.6. The predicted octanol–water partition coefficient (Wildman–Crippen LogP) is 0.672. The lowest BCUT2D eigenvalue weighted by molar-refractivity contribution is -0.138. The molecule has 6 heteroatoms. The number of carbonyl (C=O) groups excluding carboxylic acids is 2. The van der Waals surface area contributed by atoms with Crippen LogP contribution in [0.15, 0.2) is 0 Å². The molecule has 1 N–H and O–H groups in total. The number of carbonyl (C=O) groups is 2. The minimum Gasteiger partial charge on any atom is -0.352 e. The van der Waals surface area contributed by atoms with E-state index in [1.54, 1.807) is 0 Å². The first-order valence-electron chi connectivity index (χ1n) is 9.63. The molecular formula is C18H32N4O2. The minimum atomic E-state index is -0.0687. The number of hydrogen-bond donors (Lipinski definition) is 1. The first kappa shape index (κ1) is 17.7. The van der Waals surface area contributed by atoms with Gasteiger partial charge in [-0.15, -0.1) is 0 Å². The molecule has 1 aliphatic carbocycles. The molecule has 24 heavy (non-hydrogen) atoms. The lowest BCUT2D eigenvalue weighted by Gasteiger charge is -2.41. The number of nitrogens with zero attached hydrogens (tertiary/aromatic N) is 3. The zero-order valence-electron chi connectivity index (χ0n) is 15.2. The van der Waals surface area contributed by atoms with Gasteiger partial charge in [-0.3, -0.25) is 19.4 Å². The highest BCUT2D eigenvalue weighted by Gasteiger charge is 2.33. The molecule has 136 valence electrons. The van der Waals surface area contributed by atoms with Crippen LogP contribution in [0.1, 0.15) is 46.0 Å².